The number of hydrogen-bond donors (Lipinski definition) is 1. The van der Waals surface area contributed by atoms with E-state index >= 15 is 0 Å². The molecular formula is C16H24N2O. The van der Waals surface area contributed by atoms with E-state index in [1.54, 1.807) is 0 Å². The zero-order valence-corrected chi connectivity index (χ0v) is 11.8. The molecule has 0 aromatic heterocycles. The van der Waals surface area contributed by atoms with Gasteiger partial charge in [-0.05, 0) is 43.4 Å². The monoisotopic (exact) mass is 260 g/mol. The second-order valence-electron chi connectivity index (χ2n) is 5.86. The van der Waals surface area contributed by atoms with Crippen molar-refractivity contribution < 1.29 is 4.74 Å². The Kier molecular flexibility index (Phi) is 4.04. The normalized spacial score (nSPS) is 22.2. The van der Waals surface area contributed by atoms with E-state index in [-0.39, 0.29) is 0 Å². The molecule has 1 saturated heterocycles. The molecule has 0 spiro atoms. The van der Waals surface area contributed by atoms with Gasteiger partial charge in [-0.15, -0.1) is 0 Å². The molecule has 104 valence electrons. The van der Waals surface area contributed by atoms with Gasteiger partial charge in [0.1, 0.15) is 0 Å². The molecule has 1 unspecified atom stereocenters. The van der Waals surface area contributed by atoms with E-state index in [0.717, 1.165) is 38.8 Å². The maximum absolute atomic E-state index is 5.38. The highest BCUT2D eigenvalue weighted by atomic mass is 16.5. The second kappa shape index (κ2) is 5.93. The molecule has 19 heavy (non-hydrogen) atoms. The first-order chi connectivity index (χ1) is 9.31. The molecule has 3 heteroatoms. The molecule has 0 amide bonds. The Labute approximate surface area is 115 Å². The summed E-state index contributed by atoms with van der Waals surface area (Å²) in [5, 5.41) is 3.60. The van der Waals surface area contributed by atoms with E-state index in [1.165, 1.54) is 24.1 Å². The topological polar surface area (TPSA) is 24.5 Å². The molecule has 1 heterocycles. The van der Waals surface area contributed by atoms with Crippen molar-refractivity contribution in [1.29, 1.82) is 0 Å². The third kappa shape index (κ3) is 3.71. The van der Waals surface area contributed by atoms with E-state index in [2.05, 4.69) is 41.4 Å². The summed E-state index contributed by atoms with van der Waals surface area (Å²) >= 11 is 0. The predicted molar refractivity (Wildman–Crippen MR) is 78.3 cm³/mol. The molecular weight excluding hydrogens is 236 g/mol. The SMILES string of the molecule is CC(Nc1ccc(CN2CCOCC2)cc1)C1CC1. The van der Waals surface area contributed by atoms with Crippen LogP contribution in [0.25, 0.3) is 0 Å². The van der Waals surface area contributed by atoms with E-state index in [4.69, 9.17) is 4.74 Å². The predicted octanol–water partition coefficient (Wildman–Crippen LogP) is 2.73. The molecule has 2 aliphatic rings. The van der Waals surface area contributed by atoms with Gasteiger partial charge >= 0.3 is 0 Å². The number of nitrogens with one attached hydrogen (secondary N) is 1. The largest absolute Gasteiger partial charge is 0.382 e. The van der Waals surface area contributed by atoms with Crippen molar-refractivity contribution in [1.82, 2.24) is 4.90 Å². The van der Waals surface area contributed by atoms with Crippen LogP contribution in [0.1, 0.15) is 25.3 Å². The Morgan fingerprint density at radius 3 is 2.53 bits per heavy atom. The minimum Gasteiger partial charge on any atom is -0.382 e. The fourth-order valence-electron chi connectivity index (χ4n) is 2.70. The lowest BCUT2D eigenvalue weighted by Crippen LogP contribution is -2.35. The molecule has 1 aliphatic carbocycles. The summed E-state index contributed by atoms with van der Waals surface area (Å²) < 4.78 is 5.38. The Balaban J connectivity index is 1.52. The molecule has 2 fully saturated rings. The minimum absolute atomic E-state index is 0.616. The smallest absolute Gasteiger partial charge is 0.0594 e. The van der Waals surface area contributed by atoms with E-state index in [1.807, 2.05) is 0 Å². The van der Waals surface area contributed by atoms with Gasteiger partial charge in [0.05, 0.1) is 13.2 Å². The van der Waals surface area contributed by atoms with Gasteiger partial charge in [-0.1, -0.05) is 12.1 Å². The lowest BCUT2D eigenvalue weighted by Gasteiger charge is -2.26. The van der Waals surface area contributed by atoms with Crippen molar-refractivity contribution in [3.63, 3.8) is 0 Å². The zero-order valence-electron chi connectivity index (χ0n) is 11.8. The van der Waals surface area contributed by atoms with Crippen molar-refractivity contribution in [2.24, 2.45) is 5.92 Å². The van der Waals surface area contributed by atoms with Gasteiger partial charge in [-0.3, -0.25) is 4.90 Å². The van der Waals surface area contributed by atoms with Gasteiger partial charge in [0, 0.05) is 31.4 Å². The van der Waals surface area contributed by atoms with Gasteiger partial charge < -0.3 is 10.1 Å². The van der Waals surface area contributed by atoms with Crippen LogP contribution in [0.15, 0.2) is 24.3 Å². The summed E-state index contributed by atoms with van der Waals surface area (Å²) in [7, 11) is 0. The molecule has 0 radical (unpaired) electrons. The van der Waals surface area contributed by atoms with Gasteiger partial charge in [0.15, 0.2) is 0 Å². The molecule has 3 nitrogen and oxygen atoms in total. The van der Waals surface area contributed by atoms with E-state index in [0.29, 0.717) is 6.04 Å². The van der Waals surface area contributed by atoms with Crippen LogP contribution in [0.5, 0.6) is 0 Å². The molecule has 1 atom stereocenters. The van der Waals surface area contributed by atoms with E-state index < -0.39 is 0 Å². The van der Waals surface area contributed by atoms with Crippen LogP contribution in [0, 0.1) is 5.92 Å². The van der Waals surface area contributed by atoms with Gasteiger partial charge in [0.2, 0.25) is 0 Å². The van der Waals surface area contributed by atoms with Crippen LogP contribution in [0.2, 0.25) is 0 Å². The summed E-state index contributed by atoms with van der Waals surface area (Å²) in [5.74, 6) is 0.896. The average Bonchev–Trinajstić information content (AvgIpc) is 3.27. The molecule has 3 rings (SSSR count). The molecule has 1 aliphatic heterocycles. The van der Waals surface area contributed by atoms with Crippen molar-refractivity contribution in [2.45, 2.75) is 32.4 Å². The number of nitrogens with zero attached hydrogens (tertiary/aromatic N) is 1. The van der Waals surface area contributed by atoms with Crippen LogP contribution in [-0.2, 0) is 11.3 Å². The minimum atomic E-state index is 0.616. The highest BCUT2D eigenvalue weighted by molar-refractivity contribution is 5.45. The van der Waals surface area contributed by atoms with Crippen molar-refractivity contribution in [3.05, 3.63) is 29.8 Å². The summed E-state index contributed by atoms with van der Waals surface area (Å²) in [6, 6.07) is 9.54. The van der Waals surface area contributed by atoms with Gasteiger partial charge in [0.25, 0.3) is 0 Å². The summed E-state index contributed by atoms with van der Waals surface area (Å²) in [5.41, 5.74) is 2.65. The third-order valence-electron chi connectivity index (χ3n) is 4.19. The maximum Gasteiger partial charge on any atom is 0.0594 e. The third-order valence-corrected chi connectivity index (χ3v) is 4.19. The zero-order chi connectivity index (χ0) is 13.1. The lowest BCUT2D eigenvalue weighted by molar-refractivity contribution is 0.0342. The standard InChI is InChI=1S/C16H24N2O/c1-13(15-4-5-15)17-16-6-2-14(3-7-16)12-18-8-10-19-11-9-18/h2-3,6-7,13,15,17H,4-5,8-12H2,1H3. The molecule has 0 bridgehead atoms. The second-order valence-corrected chi connectivity index (χ2v) is 5.86. The molecule has 1 N–H and O–H groups in total. The number of ether oxygens (including phenoxy) is 1. The highest BCUT2D eigenvalue weighted by Gasteiger charge is 2.27. The van der Waals surface area contributed by atoms with Crippen LogP contribution < -0.4 is 5.32 Å². The first-order valence-corrected chi connectivity index (χ1v) is 7.47. The van der Waals surface area contributed by atoms with E-state index in [9.17, 15) is 0 Å². The first kappa shape index (κ1) is 12.9. The number of rotatable bonds is 5. The van der Waals surface area contributed by atoms with Gasteiger partial charge in [-0.2, -0.15) is 0 Å². The first-order valence-electron chi connectivity index (χ1n) is 7.47. The summed E-state index contributed by atoms with van der Waals surface area (Å²) in [6.07, 6.45) is 2.78. The Morgan fingerprint density at radius 1 is 1.21 bits per heavy atom. The van der Waals surface area contributed by atoms with Crippen LogP contribution >= 0.6 is 0 Å². The van der Waals surface area contributed by atoms with Crippen LogP contribution in [0.4, 0.5) is 5.69 Å². The Morgan fingerprint density at radius 2 is 1.89 bits per heavy atom. The fraction of sp³-hybridized carbons (Fsp3) is 0.625. The van der Waals surface area contributed by atoms with Crippen LogP contribution in [-0.4, -0.2) is 37.2 Å². The fourth-order valence-corrected chi connectivity index (χ4v) is 2.70. The molecule has 1 aromatic rings. The van der Waals surface area contributed by atoms with Crippen molar-refractivity contribution >= 4 is 5.69 Å². The average molecular weight is 260 g/mol. The number of benzene rings is 1. The lowest BCUT2D eigenvalue weighted by atomic mass is 10.1. The number of hydrogen-bond acceptors (Lipinski definition) is 3. The Hall–Kier alpha value is -1.06. The summed E-state index contributed by atoms with van der Waals surface area (Å²) in [6.45, 7) is 7.19. The number of morpholine rings is 1. The highest BCUT2D eigenvalue weighted by Crippen LogP contribution is 2.33. The summed E-state index contributed by atoms with van der Waals surface area (Å²) in [4.78, 5) is 2.46. The molecule has 1 saturated carbocycles. The van der Waals surface area contributed by atoms with Crippen molar-refractivity contribution in [3.8, 4) is 0 Å². The quantitative estimate of drug-likeness (QED) is 0.881. The van der Waals surface area contributed by atoms with Crippen LogP contribution in [0.3, 0.4) is 0 Å². The molecule has 1 aromatic carbocycles. The maximum atomic E-state index is 5.38. The van der Waals surface area contributed by atoms with Gasteiger partial charge in [-0.25, -0.2) is 0 Å². The number of anilines is 1. The Bertz CT molecular complexity index is 394. The van der Waals surface area contributed by atoms with Crippen molar-refractivity contribution in [2.75, 3.05) is 31.6 Å².